The lowest BCUT2D eigenvalue weighted by molar-refractivity contribution is 0.182. The topological polar surface area (TPSA) is 65.5 Å². The molecule has 1 aliphatic heterocycles. The maximum atomic E-state index is 10.7. The highest BCUT2D eigenvalue weighted by Crippen LogP contribution is 2.23. The van der Waals surface area contributed by atoms with Crippen LogP contribution in [0.2, 0.25) is 5.15 Å². The van der Waals surface area contributed by atoms with E-state index in [9.17, 15) is 4.79 Å². The Morgan fingerprint density at radius 1 is 1.61 bits per heavy atom. The first-order valence-corrected chi connectivity index (χ1v) is 6.30. The van der Waals surface area contributed by atoms with E-state index in [4.69, 9.17) is 16.7 Å². The van der Waals surface area contributed by atoms with Crippen LogP contribution in [0.25, 0.3) is 0 Å². The molecule has 2 rings (SSSR count). The molecule has 2 atom stereocenters. The van der Waals surface area contributed by atoms with Crippen LogP contribution in [0.4, 0.5) is 10.5 Å². The van der Waals surface area contributed by atoms with Gasteiger partial charge in [-0.05, 0) is 24.5 Å². The molecule has 1 aliphatic rings. The van der Waals surface area contributed by atoms with Gasteiger partial charge >= 0.3 is 6.09 Å². The fourth-order valence-electron chi connectivity index (χ4n) is 2.21. The number of halogens is 1. The number of hydrogen-bond acceptors (Lipinski definition) is 3. The van der Waals surface area contributed by atoms with E-state index in [1.165, 1.54) is 0 Å². The van der Waals surface area contributed by atoms with E-state index in [1.807, 2.05) is 6.07 Å². The SMILES string of the molecule is C[C@@H]1CCN(c2ccc(Cl)nc2)C[C@@H]1NC(=O)O. The molecular formula is C12H16ClN3O2. The Morgan fingerprint density at radius 2 is 2.39 bits per heavy atom. The summed E-state index contributed by atoms with van der Waals surface area (Å²) in [5.74, 6) is 0.345. The molecule has 18 heavy (non-hydrogen) atoms. The maximum Gasteiger partial charge on any atom is 0.404 e. The van der Waals surface area contributed by atoms with Crippen molar-refractivity contribution in [3.63, 3.8) is 0 Å². The minimum atomic E-state index is -0.970. The Kier molecular flexibility index (Phi) is 3.91. The summed E-state index contributed by atoms with van der Waals surface area (Å²) in [6, 6.07) is 3.60. The molecule has 1 amide bonds. The van der Waals surface area contributed by atoms with Gasteiger partial charge in [-0.15, -0.1) is 0 Å². The van der Waals surface area contributed by atoms with Gasteiger partial charge in [0.25, 0.3) is 0 Å². The summed E-state index contributed by atoms with van der Waals surface area (Å²) in [6.45, 7) is 3.64. The Labute approximate surface area is 111 Å². The summed E-state index contributed by atoms with van der Waals surface area (Å²) in [6.07, 6.45) is 1.70. The summed E-state index contributed by atoms with van der Waals surface area (Å²) in [7, 11) is 0. The van der Waals surface area contributed by atoms with Gasteiger partial charge in [-0.3, -0.25) is 0 Å². The second-order valence-electron chi connectivity index (χ2n) is 4.61. The molecule has 1 aromatic rings. The van der Waals surface area contributed by atoms with Gasteiger partial charge in [-0.1, -0.05) is 18.5 Å². The van der Waals surface area contributed by atoms with Gasteiger partial charge in [0, 0.05) is 13.1 Å². The van der Waals surface area contributed by atoms with Crippen molar-refractivity contribution in [2.75, 3.05) is 18.0 Å². The summed E-state index contributed by atoms with van der Waals surface area (Å²) in [5.41, 5.74) is 0.975. The number of rotatable bonds is 2. The summed E-state index contributed by atoms with van der Waals surface area (Å²) in [4.78, 5) is 16.9. The zero-order chi connectivity index (χ0) is 13.1. The molecule has 0 unspecified atom stereocenters. The van der Waals surface area contributed by atoms with E-state index < -0.39 is 6.09 Å². The van der Waals surface area contributed by atoms with Crippen LogP contribution in [0.15, 0.2) is 18.3 Å². The van der Waals surface area contributed by atoms with Crippen LogP contribution in [-0.2, 0) is 0 Å². The molecule has 98 valence electrons. The van der Waals surface area contributed by atoms with Crippen LogP contribution in [0.5, 0.6) is 0 Å². The lowest BCUT2D eigenvalue weighted by atomic mass is 9.93. The maximum absolute atomic E-state index is 10.7. The van der Waals surface area contributed by atoms with Crippen molar-refractivity contribution in [1.29, 1.82) is 0 Å². The number of anilines is 1. The van der Waals surface area contributed by atoms with Crippen LogP contribution < -0.4 is 10.2 Å². The van der Waals surface area contributed by atoms with Gasteiger partial charge < -0.3 is 15.3 Å². The number of nitrogens with one attached hydrogen (secondary N) is 1. The Hall–Kier alpha value is -1.49. The predicted molar refractivity (Wildman–Crippen MR) is 70.2 cm³/mol. The van der Waals surface area contributed by atoms with E-state index in [0.29, 0.717) is 17.6 Å². The molecule has 0 aromatic carbocycles. The molecule has 1 aromatic heterocycles. The van der Waals surface area contributed by atoms with Crippen LogP contribution in [0.3, 0.4) is 0 Å². The Balaban J connectivity index is 2.06. The zero-order valence-corrected chi connectivity index (χ0v) is 10.9. The van der Waals surface area contributed by atoms with Crippen molar-refractivity contribution in [3.05, 3.63) is 23.5 Å². The third-order valence-corrected chi connectivity index (χ3v) is 3.57. The van der Waals surface area contributed by atoms with Crippen LogP contribution >= 0.6 is 11.6 Å². The molecule has 5 nitrogen and oxygen atoms in total. The lowest BCUT2D eigenvalue weighted by Crippen LogP contribution is -2.51. The summed E-state index contributed by atoms with van der Waals surface area (Å²) in [5, 5.41) is 11.9. The van der Waals surface area contributed by atoms with Crippen LogP contribution in [0, 0.1) is 5.92 Å². The Morgan fingerprint density at radius 3 is 3.00 bits per heavy atom. The van der Waals surface area contributed by atoms with Gasteiger partial charge in [0.05, 0.1) is 17.9 Å². The first kappa shape index (κ1) is 13.0. The molecule has 2 heterocycles. The third-order valence-electron chi connectivity index (χ3n) is 3.34. The van der Waals surface area contributed by atoms with Crippen molar-refractivity contribution < 1.29 is 9.90 Å². The summed E-state index contributed by atoms with van der Waals surface area (Å²) >= 11 is 5.75. The van der Waals surface area contributed by atoms with Gasteiger partial charge in [0.1, 0.15) is 5.15 Å². The van der Waals surface area contributed by atoms with Gasteiger partial charge in [-0.25, -0.2) is 9.78 Å². The largest absolute Gasteiger partial charge is 0.465 e. The second kappa shape index (κ2) is 5.44. The summed E-state index contributed by atoms with van der Waals surface area (Å²) < 4.78 is 0. The normalized spacial score (nSPS) is 23.8. The molecule has 0 radical (unpaired) electrons. The molecule has 0 spiro atoms. The molecule has 1 fully saturated rings. The van der Waals surface area contributed by atoms with E-state index >= 15 is 0 Å². The lowest BCUT2D eigenvalue weighted by Gasteiger charge is -2.38. The van der Waals surface area contributed by atoms with Crippen molar-refractivity contribution in [2.45, 2.75) is 19.4 Å². The van der Waals surface area contributed by atoms with E-state index in [1.54, 1.807) is 12.3 Å². The van der Waals surface area contributed by atoms with E-state index in [2.05, 4.69) is 22.1 Å². The number of hydrogen-bond donors (Lipinski definition) is 2. The number of piperidine rings is 1. The molecule has 0 bridgehead atoms. The number of carbonyl (C=O) groups is 1. The van der Waals surface area contributed by atoms with Gasteiger partial charge in [0.15, 0.2) is 0 Å². The predicted octanol–water partition coefficient (Wildman–Crippen LogP) is 2.22. The van der Waals surface area contributed by atoms with Gasteiger partial charge in [-0.2, -0.15) is 0 Å². The van der Waals surface area contributed by atoms with Crippen molar-refractivity contribution in [3.8, 4) is 0 Å². The number of nitrogens with zero attached hydrogens (tertiary/aromatic N) is 2. The minimum Gasteiger partial charge on any atom is -0.465 e. The van der Waals surface area contributed by atoms with Crippen molar-refractivity contribution in [2.24, 2.45) is 5.92 Å². The molecule has 1 saturated heterocycles. The fourth-order valence-corrected chi connectivity index (χ4v) is 2.32. The number of aromatic nitrogens is 1. The fraction of sp³-hybridized carbons (Fsp3) is 0.500. The number of amides is 1. The van der Waals surface area contributed by atoms with Crippen LogP contribution in [-0.4, -0.2) is 35.3 Å². The van der Waals surface area contributed by atoms with Crippen molar-refractivity contribution in [1.82, 2.24) is 10.3 Å². The smallest absolute Gasteiger partial charge is 0.404 e. The monoisotopic (exact) mass is 269 g/mol. The van der Waals surface area contributed by atoms with E-state index in [0.717, 1.165) is 18.7 Å². The quantitative estimate of drug-likeness (QED) is 0.808. The Bertz CT molecular complexity index is 424. The molecular weight excluding hydrogens is 254 g/mol. The van der Waals surface area contributed by atoms with Crippen molar-refractivity contribution >= 4 is 23.4 Å². The number of carboxylic acid groups (broad SMARTS) is 1. The second-order valence-corrected chi connectivity index (χ2v) is 4.99. The van der Waals surface area contributed by atoms with E-state index in [-0.39, 0.29) is 6.04 Å². The highest BCUT2D eigenvalue weighted by atomic mass is 35.5. The zero-order valence-electron chi connectivity index (χ0n) is 10.1. The minimum absolute atomic E-state index is 0.0491. The average Bonchev–Trinajstić information content (AvgIpc) is 2.32. The number of pyridine rings is 1. The molecule has 0 aliphatic carbocycles. The third kappa shape index (κ3) is 3.04. The first-order chi connectivity index (χ1) is 8.56. The molecule has 0 saturated carbocycles. The highest BCUT2D eigenvalue weighted by molar-refractivity contribution is 6.29. The van der Waals surface area contributed by atoms with Gasteiger partial charge in [0.2, 0.25) is 0 Å². The first-order valence-electron chi connectivity index (χ1n) is 5.92. The standard InChI is InChI=1S/C12H16ClN3O2/c1-8-4-5-16(7-10(8)15-12(17)18)9-2-3-11(13)14-6-9/h2-3,6,8,10,15H,4-5,7H2,1H3,(H,17,18)/t8-,10+/m1/s1. The average molecular weight is 270 g/mol. The molecule has 6 heteroatoms. The molecule has 2 N–H and O–H groups in total. The highest BCUT2D eigenvalue weighted by Gasteiger charge is 2.27. The van der Waals surface area contributed by atoms with Crippen LogP contribution in [0.1, 0.15) is 13.3 Å².